The highest BCUT2D eigenvalue weighted by Crippen LogP contribution is 2.23. The zero-order valence-electron chi connectivity index (χ0n) is 12.4. The van der Waals surface area contributed by atoms with Gasteiger partial charge in [0.15, 0.2) is 0 Å². The molecule has 1 N–H and O–H groups in total. The van der Waals surface area contributed by atoms with Gasteiger partial charge < -0.3 is 10.0 Å². The molecule has 0 spiro atoms. The van der Waals surface area contributed by atoms with E-state index in [2.05, 4.69) is 5.10 Å². The van der Waals surface area contributed by atoms with Gasteiger partial charge >= 0.3 is 5.97 Å². The fraction of sp³-hybridized carbons (Fsp3) is 0.267. The number of benzene rings is 1. The summed E-state index contributed by atoms with van der Waals surface area (Å²) < 4.78 is 1.64. The molecule has 0 aliphatic heterocycles. The second-order valence-electron chi connectivity index (χ2n) is 4.86. The summed E-state index contributed by atoms with van der Waals surface area (Å²) in [5, 5.41) is 13.4. The Labute approximate surface area is 122 Å². The second-order valence-corrected chi connectivity index (χ2v) is 4.86. The van der Waals surface area contributed by atoms with Gasteiger partial charge in [0, 0.05) is 19.8 Å². The van der Waals surface area contributed by atoms with Crippen LogP contribution < -0.4 is 4.90 Å². The Balaban J connectivity index is 2.47. The average molecular weight is 287 g/mol. The second kappa shape index (κ2) is 5.40. The highest BCUT2D eigenvalue weighted by Gasteiger charge is 2.24. The van der Waals surface area contributed by atoms with Crippen LogP contribution in [0.1, 0.15) is 32.1 Å². The topological polar surface area (TPSA) is 75.4 Å². The molecule has 2 rings (SSSR count). The van der Waals surface area contributed by atoms with Crippen molar-refractivity contribution in [2.45, 2.75) is 13.8 Å². The fourth-order valence-electron chi connectivity index (χ4n) is 2.31. The molecule has 1 amide bonds. The number of aryl methyl sites for hydroxylation is 2. The maximum atomic E-state index is 12.7. The number of carboxylic acid groups (broad SMARTS) is 1. The third-order valence-electron chi connectivity index (χ3n) is 3.52. The van der Waals surface area contributed by atoms with Crippen LogP contribution in [0.3, 0.4) is 0 Å². The smallest absolute Gasteiger partial charge is 0.337 e. The van der Waals surface area contributed by atoms with Crippen molar-refractivity contribution in [3.8, 4) is 0 Å². The average Bonchev–Trinajstić information content (AvgIpc) is 2.70. The molecule has 0 aliphatic carbocycles. The molecule has 0 unspecified atom stereocenters. The van der Waals surface area contributed by atoms with Crippen LogP contribution in [0.5, 0.6) is 0 Å². The van der Waals surface area contributed by atoms with Crippen LogP contribution in [-0.2, 0) is 7.05 Å². The maximum Gasteiger partial charge on any atom is 0.337 e. The molecule has 0 saturated carbocycles. The van der Waals surface area contributed by atoms with E-state index in [0.29, 0.717) is 16.9 Å². The Kier molecular flexibility index (Phi) is 3.80. The van der Waals surface area contributed by atoms with Crippen molar-refractivity contribution < 1.29 is 14.7 Å². The first kappa shape index (κ1) is 14.8. The molecule has 0 aliphatic rings. The third-order valence-corrected chi connectivity index (χ3v) is 3.52. The number of rotatable bonds is 3. The lowest BCUT2D eigenvalue weighted by Crippen LogP contribution is -2.28. The first-order chi connectivity index (χ1) is 9.84. The van der Waals surface area contributed by atoms with E-state index in [4.69, 9.17) is 0 Å². The molecular weight excluding hydrogens is 270 g/mol. The molecule has 21 heavy (non-hydrogen) atoms. The van der Waals surface area contributed by atoms with Gasteiger partial charge in [0.1, 0.15) is 0 Å². The summed E-state index contributed by atoms with van der Waals surface area (Å²) in [4.78, 5) is 25.3. The van der Waals surface area contributed by atoms with Crippen LogP contribution in [0.4, 0.5) is 5.69 Å². The fourth-order valence-corrected chi connectivity index (χ4v) is 2.31. The molecular formula is C15H17N3O3. The zero-order valence-corrected chi connectivity index (χ0v) is 12.4. The quantitative estimate of drug-likeness (QED) is 0.937. The Morgan fingerprint density at radius 1 is 1.24 bits per heavy atom. The van der Waals surface area contributed by atoms with Crippen LogP contribution in [0.25, 0.3) is 0 Å². The van der Waals surface area contributed by atoms with Crippen LogP contribution in [0, 0.1) is 13.8 Å². The summed E-state index contributed by atoms with van der Waals surface area (Å²) in [6, 6.07) is 6.42. The molecule has 0 fully saturated rings. The van der Waals surface area contributed by atoms with E-state index in [1.165, 1.54) is 11.0 Å². The Hall–Kier alpha value is -2.63. The highest BCUT2D eigenvalue weighted by molar-refractivity contribution is 6.10. The van der Waals surface area contributed by atoms with Gasteiger partial charge in [-0.2, -0.15) is 5.10 Å². The van der Waals surface area contributed by atoms with Crippen LogP contribution in [0.2, 0.25) is 0 Å². The van der Waals surface area contributed by atoms with E-state index < -0.39 is 5.97 Å². The molecule has 1 aromatic heterocycles. The van der Waals surface area contributed by atoms with Crippen molar-refractivity contribution in [1.29, 1.82) is 0 Å². The number of carbonyl (C=O) groups is 2. The Morgan fingerprint density at radius 2 is 1.86 bits per heavy atom. The first-order valence-electron chi connectivity index (χ1n) is 6.45. The van der Waals surface area contributed by atoms with Gasteiger partial charge in [-0.25, -0.2) is 4.79 Å². The molecule has 1 heterocycles. The first-order valence-corrected chi connectivity index (χ1v) is 6.45. The maximum absolute atomic E-state index is 12.7. The number of aromatic carboxylic acids is 1. The summed E-state index contributed by atoms with van der Waals surface area (Å²) in [5.74, 6) is -1.34. The van der Waals surface area contributed by atoms with Gasteiger partial charge in [0.25, 0.3) is 5.91 Å². The SMILES string of the molecule is Cc1nn(C)c(C)c1C(=O)N(C)c1ccccc1C(=O)O. The number of aromatic nitrogens is 2. The number of hydrogen-bond donors (Lipinski definition) is 1. The van der Waals surface area contributed by atoms with Crippen LogP contribution in [-0.4, -0.2) is 33.8 Å². The molecule has 1 aromatic carbocycles. The van der Waals surface area contributed by atoms with Crippen molar-refractivity contribution >= 4 is 17.6 Å². The predicted octanol–water partition coefficient (Wildman–Crippen LogP) is 2.01. The van der Waals surface area contributed by atoms with Gasteiger partial charge in [-0.05, 0) is 26.0 Å². The number of hydrogen-bond acceptors (Lipinski definition) is 3. The number of para-hydroxylation sites is 1. The summed E-state index contributed by atoms with van der Waals surface area (Å²) in [6.07, 6.45) is 0. The summed E-state index contributed by atoms with van der Waals surface area (Å²) in [7, 11) is 3.33. The minimum Gasteiger partial charge on any atom is -0.478 e. The Bertz CT molecular complexity index is 719. The van der Waals surface area contributed by atoms with E-state index in [1.54, 1.807) is 43.9 Å². The molecule has 6 heteroatoms. The molecule has 110 valence electrons. The number of nitrogens with zero attached hydrogens (tertiary/aromatic N) is 3. The van der Waals surface area contributed by atoms with Crippen LogP contribution in [0.15, 0.2) is 24.3 Å². The van der Waals surface area contributed by atoms with Gasteiger partial charge in [0.2, 0.25) is 0 Å². The highest BCUT2D eigenvalue weighted by atomic mass is 16.4. The number of carboxylic acids is 1. The van der Waals surface area contributed by atoms with Crippen molar-refractivity contribution in [1.82, 2.24) is 9.78 Å². The zero-order chi connectivity index (χ0) is 15.7. The van der Waals surface area contributed by atoms with Crippen molar-refractivity contribution in [2.75, 3.05) is 11.9 Å². The lowest BCUT2D eigenvalue weighted by atomic mass is 10.1. The molecule has 0 bridgehead atoms. The van der Waals surface area contributed by atoms with Crippen molar-refractivity contribution in [2.24, 2.45) is 7.05 Å². The number of amides is 1. The molecule has 0 atom stereocenters. The lowest BCUT2D eigenvalue weighted by Gasteiger charge is -2.19. The number of anilines is 1. The largest absolute Gasteiger partial charge is 0.478 e. The minimum absolute atomic E-state index is 0.0903. The predicted molar refractivity (Wildman–Crippen MR) is 78.8 cm³/mol. The Morgan fingerprint density at radius 3 is 2.38 bits per heavy atom. The van der Waals surface area contributed by atoms with E-state index in [9.17, 15) is 14.7 Å². The molecule has 2 aromatic rings. The van der Waals surface area contributed by atoms with E-state index >= 15 is 0 Å². The summed E-state index contributed by atoms with van der Waals surface area (Å²) in [6.45, 7) is 3.57. The third kappa shape index (κ3) is 2.52. The van der Waals surface area contributed by atoms with Gasteiger partial charge in [-0.15, -0.1) is 0 Å². The summed E-state index contributed by atoms with van der Waals surface area (Å²) >= 11 is 0. The van der Waals surface area contributed by atoms with E-state index in [1.807, 2.05) is 6.92 Å². The minimum atomic E-state index is -1.06. The van der Waals surface area contributed by atoms with Gasteiger partial charge in [0.05, 0.1) is 22.5 Å². The standard InChI is InChI=1S/C15H17N3O3/c1-9-13(10(2)18(4)16-9)14(19)17(3)12-8-6-5-7-11(12)15(20)21/h5-8H,1-4H3,(H,20,21). The van der Waals surface area contributed by atoms with E-state index in [0.717, 1.165) is 5.69 Å². The molecule has 0 radical (unpaired) electrons. The van der Waals surface area contributed by atoms with Crippen molar-refractivity contribution in [3.63, 3.8) is 0 Å². The lowest BCUT2D eigenvalue weighted by molar-refractivity contribution is 0.0697. The molecule has 0 saturated heterocycles. The number of carbonyl (C=O) groups excluding carboxylic acids is 1. The monoisotopic (exact) mass is 287 g/mol. The van der Waals surface area contributed by atoms with Crippen molar-refractivity contribution in [3.05, 3.63) is 46.8 Å². The van der Waals surface area contributed by atoms with Gasteiger partial charge in [-0.1, -0.05) is 12.1 Å². The normalized spacial score (nSPS) is 10.5. The van der Waals surface area contributed by atoms with Gasteiger partial charge in [-0.3, -0.25) is 9.48 Å². The summed E-state index contributed by atoms with van der Waals surface area (Å²) in [5.41, 5.74) is 2.32. The van der Waals surface area contributed by atoms with Crippen LogP contribution >= 0.6 is 0 Å². The van der Waals surface area contributed by atoms with E-state index in [-0.39, 0.29) is 11.5 Å². The molecule has 6 nitrogen and oxygen atoms in total.